The van der Waals surface area contributed by atoms with Crippen LogP contribution in [-0.4, -0.2) is 23.1 Å². The third kappa shape index (κ3) is 3.20. The maximum atomic E-state index is 4.86. The maximum absolute atomic E-state index is 4.86. The van der Waals surface area contributed by atoms with Crippen LogP contribution in [0.25, 0.3) is 0 Å². The summed E-state index contributed by atoms with van der Waals surface area (Å²) in [5.74, 6) is 1.76. The van der Waals surface area contributed by atoms with Crippen LogP contribution < -0.4 is 9.80 Å². The zero-order chi connectivity index (χ0) is 17.1. The molecule has 2 heterocycles. The van der Waals surface area contributed by atoms with E-state index in [0.717, 1.165) is 37.8 Å². The van der Waals surface area contributed by atoms with Crippen LogP contribution in [0.15, 0.2) is 66.9 Å². The second-order valence-electron chi connectivity index (χ2n) is 6.24. The summed E-state index contributed by atoms with van der Waals surface area (Å²) in [5.41, 5.74) is 3.88. The Hall–Kier alpha value is -2.88. The quantitative estimate of drug-likeness (QED) is 0.702. The second kappa shape index (κ2) is 6.93. The minimum absolute atomic E-state index is 0.786. The zero-order valence-corrected chi connectivity index (χ0v) is 14.5. The van der Waals surface area contributed by atoms with Crippen molar-refractivity contribution in [2.45, 2.75) is 19.9 Å². The maximum Gasteiger partial charge on any atom is 0.231 e. The van der Waals surface area contributed by atoms with E-state index in [1.807, 2.05) is 18.3 Å². The molecule has 4 heteroatoms. The highest BCUT2D eigenvalue weighted by Crippen LogP contribution is 2.32. The third-order valence-corrected chi connectivity index (χ3v) is 4.68. The topological polar surface area (TPSA) is 32.3 Å². The lowest BCUT2D eigenvalue weighted by atomic mass is 10.2. The summed E-state index contributed by atoms with van der Waals surface area (Å²) in [6.07, 6.45) is 2.91. The SMILES string of the molecule is CCN(Cc1ccccc1)c1ccnc(N2CCc3ccccc32)n1. The Kier molecular flexibility index (Phi) is 4.34. The first-order valence-corrected chi connectivity index (χ1v) is 8.82. The number of para-hydroxylation sites is 1. The average molecular weight is 330 g/mol. The van der Waals surface area contributed by atoms with Crippen LogP contribution >= 0.6 is 0 Å². The highest BCUT2D eigenvalue weighted by Gasteiger charge is 2.22. The van der Waals surface area contributed by atoms with Crippen molar-refractivity contribution in [2.75, 3.05) is 22.9 Å². The normalized spacial score (nSPS) is 12.9. The van der Waals surface area contributed by atoms with Crippen molar-refractivity contribution < 1.29 is 0 Å². The van der Waals surface area contributed by atoms with E-state index < -0.39 is 0 Å². The lowest BCUT2D eigenvalue weighted by Gasteiger charge is -2.24. The lowest BCUT2D eigenvalue weighted by molar-refractivity contribution is 0.805. The van der Waals surface area contributed by atoms with Gasteiger partial charge in [0.15, 0.2) is 0 Å². The molecule has 4 nitrogen and oxygen atoms in total. The number of hydrogen-bond acceptors (Lipinski definition) is 4. The van der Waals surface area contributed by atoms with Crippen LogP contribution in [-0.2, 0) is 13.0 Å². The predicted molar refractivity (Wildman–Crippen MR) is 102 cm³/mol. The van der Waals surface area contributed by atoms with Gasteiger partial charge in [-0.05, 0) is 36.6 Å². The molecule has 1 aromatic heterocycles. The molecule has 0 fully saturated rings. The summed E-state index contributed by atoms with van der Waals surface area (Å²) in [6.45, 7) is 4.86. The number of anilines is 3. The number of fused-ring (bicyclic) bond motifs is 1. The Morgan fingerprint density at radius 2 is 1.80 bits per heavy atom. The molecule has 0 saturated carbocycles. The van der Waals surface area contributed by atoms with Gasteiger partial charge in [-0.15, -0.1) is 0 Å². The molecule has 126 valence electrons. The average Bonchev–Trinajstić information content (AvgIpc) is 3.11. The van der Waals surface area contributed by atoms with Crippen molar-refractivity contribution >= 4 is 17.5 Å². The fourth-order valence-corrected chi connectivity index (χ4v) is 3.35. The van der Waals surface area contributed by atoms with Crippen molar-refractivity contribution in [1.82, 2.24) is 9.97 Å². The second-order valence-corrected chi connectivity index (χ2v) is 6.24. The van der Waals surface area contributed by atoms with Crippen LogP contribution in [0.1, 0.15) is 18.1 Å². The zero-order valence-electron chi connectivity index (χ0n) is 14.5. The number of hydrogen-bond donors (Lipinski definition) is 0. The molecular formula is C21H22N4. The Morgan fingerprint density at radius 3 is 2.64 bits per heavy atom. The number of nitrogens with zero attached hydrogens (tertiary/aromatic N) is 4. The Bertz CT molecular complexity index is 847. The minimum Gasteiger partial charge on any atom is -0.352 e. The number of rotatable bonds is 5. The summed E-state index contributed by atoms with van der Waals surface area (Å²) in [4.78, 5) is 13.9. The van der Waals surface area contributed by atoms with Gasteiger partial charge in [0.1, 0.15) is 5.82 Å². The van der Waals surface area contributed by atoms with Gasteiger partial charge in [-0.3, -0.25) is 0 Å². The van der Waals surface area contributed by atoms with Crippen molar-refractivity contribution in [3.63, 3.8) is 0 Å². The van der Waals surface area contributed by atoms with Gasteiger partial charge in [0.05, 0.1) is 0 Å². The highest BCUT2D eigenvalue weighted by molar-refractivity contribution is 5.66. The summed E-state index contributed by atoms with van der Waals surface area (Å²) < 4.78 is 0. The molecule has 1 aliphatic rings. The van der Waals surface area contributed by atoms with Gasteiger partial charge < -0.3 is 9.80 Å². The highest BCUT2D eigenvalue weighted by atomic mass is 15.3. The van der Waals surface area contributed by atoms with E-state index >= 15 is 0 Å². The number of aromatic nitrogens is 2. The van der Waals surface area contributed by atoms with Crippen LogP contribution in [0.2, 0.25) is 0 Å². The summed E-state index contributed by atoms with van der Waals surface area (Å²) in [6, 6.07) is 21.0. The Balaban J connectivity index is 1.61. The third-order valence-electron chi connectivity index (χ3n) is 4.68. The standard InChI is InChI=1S/C21H22N4/c1-2-24(16-17-8-4-3-5-9-17)20-12-14-22-21(23-20)25-15-13-18-10-6-7-11-19(18)25/h3-12,14H,2,13,15-16H2,1H3. The van der Waals surface area contributed by atoms with E-state index in [2.05, 4.69) is 70.2 Å². The van der Waals surface area contributed by atoms with Gasteiger partial charge in [0.25, 0.3) is 0 Å². The Labute approximate surface area is 148 Å². The van der Waals surface area contributed by atoms with E-state index in [4.69, 9.17) is 4.98 Å². The molecule has 0 atom stereocenters. The fourth-order valence-electron chi connectivity index (χ4n) is 3.35. The van der Waals surface area contributed by atoms with Crippen LogP contribution in [0.4, 0.5) is 17.5 Å². The molecule has 2 aromatic carbocycles. The van der Waals surface area contributed by atoms with E-state index in [1.165, 1.54) is 16.8 Å². The summed E-state index contributed by atoms with van der Waals surface area (Å²) >= 11 is 0. The molecule has 0 spiro atoms. The first kappa shape index (κ1) is 15.6. The van der Waals surface area contributed by atoms with Gasteiger partial charge in [-0.25, -0.2) is 4.98 Å². The minimum atomic E-state index is 0.786. The summed E-state index contributed by atoms with van der Waals surface area (Å²) in [7, 11) is 0. The smallest absolute Gasteiger partial charge is 0.231 e. The van der Waals surface area contributed by atoms with Gasteiger partial charge in [0.2, 0.25) is 5.95 Å². The molecule has 0 radical (unpaired) electrons. The van der Waals surface area contributed by atoms with Crippen molar-refractivity contribution in [2.24, 2.45) is 0 Å². The van der Waals surface area contributed by atoms with Gasteiger partial charge in [-0.1, -0.05) is 48.5 Å². The van der Waals surface area contributed by atoms with Gasteiger partial charge in [0, 0.05) is 31.5 Å². The molecule has 3 aromatic rings. The molecule has 0 unspecified atom stereocenters. The van der Waals surface area contributed by atoms with E-state index in [-0.39, 0.29) is 0 Å². The first-order chi connectivity index (χ1) is 12.3. The van der Waals surface area contributed by atoms with E-state index in [0.29, 0.717) is 0 Å². The molecule has 0 aliphatic carbocycles. The molecule has 0 bridgehead atoms. The molecule has 0 N–H and O–H groups in total. The molecule has 0 saturated heterocycles. The summed E-state index contributed by atoms with van der Waals surface area (Å²) in [5, 5.41) is 0. The van der Waals surface area contributed by atoms with Crippen molar-refractivity contribution in [1.29, 1.82) is 0 Å². The predicted octanol–water partition coefficient (Wildman–Crippen LogP) is 4.20. The first-order valence-electron chi connectivity index (χ1n) is 8.82. The molecule has 0 amide bonds. The number of benzene rings is 2. The van der Waals surface area contributed by atoms with Gasteiger partial charge >= 0.3 is 0 Å². The van der Waals surface area contributed by atoms with Crippen molar-refractivity contribution in [3.05, 3.63) is 78.0 Å². The molecule has 4 rings (SSSR count). The van der Waals surface area contributed by atoms with E-state index in [9.17, 15) is 0 Å². The van der Waals surface area contributed by atoms with Crippen molar-refractivity contribution in [3.8, 4) is 0 Å². The monoisotopic (exact) mass is 330 g/mol. The van der Waals surface area contributed by atoms with Crippen LogP contribution in [0.3, 0.4) is 0 Å². The molecular weight excluding hydrogens is 308 g/mol. The van der Waals surface area contributed by atoms with E-state index in [1.54, 1.807) is 0 Å². The Morgan fingerprint density at radius 1 is 1.00 bits per heavy atom. The lowest BCUT2D eigenvalue weighted by Crippen LogP contribution is -2.24. The fraction of sp³-hybridized carbons (Fsp3) is 0.238. The van der Waals surface area contributed by atoms with Gasteiger partial charge in [-0.2, -0.15) is 4.98 Å². The molecule has 25 heavy (non-hydrogen) atoms. The van der Waals surface area contributed by atoms with Crippen LogP contribution in [0.5, 0.6) is 0 Å². The largest absolute Gasteiger partial charge is 0.352 e. The van der Waals surface area contributed by atoms with Crippen LogP contribution in [0, 0.1) is 0 Å². The molecule has 1 aliphatic heterocycles.